The third kappa shape index (κ3) is 4.17. The molecule has 0 saturated heterocycles. The second-order valence-corrected chi connectivity index (χ2v) is 6.72. The van der Waals surface area contributed by atoms with Crippen LogP contribution in [0.1, 0.15) is 43.0 Å². The Labute approximate surface area is 144 Å². The van der Waals surface area contributed by atoms with Crippen LogP contribution in [0.25, 0.3) is 0 Å². The number of thiophene rings is 1. The van der Waals surface area contributed by atoms with E-state index in [9.17, 15) is 4.79 Å². The van der Waals surface area contributed by atoms with Crippen LogP contribution in [0.2, 0.25) is 0 Å². The quantitative estimate of drug-likeness (QED) is 0.617. The smallest absolute Gasteiger partial charge is 0.354 e. The van der Waals surface area contributed by atoms with Crippen LogP contribution in [0.3, 0.4) is 0 Å². The summed E-state index contributed by atoms with van der Waals surface area (Å²) in [5.74, 6) is -0.185. The van der Waals surface area contributed by atoms with Crippen LogP contribution in [0, 0.1) is 5.41 Å². The van der Waals surface area contributed by atoms with E-state index in [1.54, 1.807) is 18.5 Å². The van der Waals surface area contributed by atoms with Crippen LogP contribution in [0.5, 0.6) is 0 Å². The molecule has 0 aromatic carbocycles. The maximum absolute atomic E-state index is 12.4. The normalized spacial score (nSPS) is 16.3. The fourth-order valence-electron chi connectivity index (χ4n) is 2.76. The number of anilines is 1. The van der Waals surface area contributed by atoms with Gasteiger partial charge in [0.25, 0.3) is 0 Å². The number of aromatic nitrogens is 2. The summed E-state index contributed by atoms with van der Waals surface area (Å²) in [5.41, 5.74) is -0.115. The van der Waals surface area contributed by atoms with Gasteiger partial charge in [-0.1, -0.05) is 12.5 Å². The average molecular weight is 344 g/mol. The Hall–Kier alpha value is -2.28. The number of hydrogen-bond acceptors (Lipinski definition) is 7. The van der Waals surface area contributed by atoms with Crippen LogP contribution in [0.4, 0.5) is 5.95 Å². The molecule has 0 aliphatic heterocycles. The summed E-state index contributed by atoms with van der Waals surface area (Å²) in [5, 5.41) is 13.3. The monoisotopic (exact) mass is 344 g/mol. The highest BCUT2D eigenvalue weighted by molar-refractivity contribution is 7.10. The molecule has 0 radical (unpaired) electrons. The molecule has 6 nitrogen and oxygen atoms in total. The molecule has 1 unspecified atom stereocenters. The largest absolute Gasteiger partial charge is 0.458 e. The Morgan fingerprint density at radius 3 is 2.67 bits per heavy atom. The highest BCUT2D eigenvalue weighted by Crippen LogP contribution is 2.25. The molecular formula is C17H20N4O2S. The summed E-state index contributed by atoms with van der Waals surface area (Å²) in [6.45, 7) is 0. The number of carbonyl (C=O) groups is 1. The summed E-state index contributed by atoms with van der Waals surface area (Å²) in [6.07, 6.45) is 8.29. The second-order valence-electron chi connectivity index (χ2n) is 5.74. The lowest BCUT2D eigenvalue weighted by Gasteiger charge is -2.24. The van der Waals surface area contributed by atoms with Gasteiger partial charge in [-0.15, -0.1) is 11.3 Å². The van der Waals surface area contributed by atoms with Crippen molar-refractivity contribution < 1.29 is 9.53 Å². The molecule has 7 heteroatoms. The molecule has 126 valence electrons. The molecule has 3 rings (SSSR count). The summed E-state index contributed by atoms with van der Waals surface area (Å²) in [7, 11) is 0. The number of carbonyl (C=O) groups excluding carboxylic acids is 1. The molecule has 0 amide bonds. The molecule has 1 fully saturated rings. The van der Waals surface area contributed by atoms with E-state index in [2.05, 4.69) is 15.3 Å². The topological polar surface area (TPSA) is 88.0 Å². The van der Waals surface area contributed by atoms with Crippen molar-refractivity contribution in [3.63, 3.8) is 0 Å². The van der Waals surface area contributed by atoms with Gasteiger partial charge < -0.3 is 10.1 Å². The lowest BCUT2D eigenvalue weighted by Crippen LogP contribution is -2.32. The Morgan fingerprint density at radius 2 is 2.00 bits per heavy atom. The van der Waals surface area contributed by atoms with Crippen molar-refractivity contribution in [3.8, 4) is 0 Å². The number of nitrogens with zero attached hydrogens (tertiary/aromatic N) is 2. The molecule has 2 heterocycles. The minimum Gasteiger partial charge on any atom is -0.458 e. The maximum Gasteiger partial charge on any atom is 0.354 e. The molecule has 2 aromatic rings. The van der Waals surface area contributed by atoms with E-state index >= 15 is 0 Å². The van der Waals surface area contributed by atoms with Gasteiger partial charge in [0.1, 0.15) is 17.9 Å². The zero-order valence-electron chi connectivity index (χ0n) is 13.3. The van der Waals surface area contributed by atoms with Gasteiger partial charge in [-0.2, -0.15) is 0 Å². The summed E-state index contributed by atoms with van der Waals surface area (Å²) >= 11 is 1.48. The third-order valence-corrected chi connectivity index (χ3v) is 4.94. The summed E-state index contributed by atoms with van der Waals surface area (Å²) in [4.78, 5) is 21.5. The first-order valence-electron chi connectivity index (χ1n) is 8.10. The Balaban J connectivity index is 1.72. The Bertz CT molecular complexity index is 669. The SMILES string of the molecule is N=C(C(=O)OC1CCCCC1)C(Nc1ncccn1)c1cccs1. The van der Waals surface area contributed by atoms with Crippen molar-refractivity contribution in [1.82, 2.24) is 9.97 Å². The first-order chi connectivity index (χ1) is 11.7. The maximum atomic E-state index is 12.4. The number of ether oxygens (including phenoxy) is 1. The summed E-state index contributed by atoms with van der Waals surface area (Å²) < 4.78 is 5.53. The van der Waals surface area contributed by atoms with Crippen molar-refractivity contribution in [2.45, 2.75) is 44.2 Å². The highest BCUT2D eigenvalue weighted by atomic mass is 32.1. The zero-order chi connectivity index (χ0) is 16.8. The molecule has 0 spiro atoms. The molecule has 1 atom stereocenters. The van der Waals surface area contributed by atoms with Gasteiger partial charge in [-0.25, -0.2) is 14.8 Å². The highest BCUT2D eigenvalue weighted by Gasteiger charge is 2.28. The standard InChI is InChI=1S/C17H20N4O2S/c18-14(16(22)23-12-6-2-1-3-7-12)15(13-8-4-11-24-13)21-17-19-9-5-10-20-17/h4-5,8-12,15,18H,1-3,6-7H2,(H,19,20,21). The fourth-order valence-corrected chi connectivity index (χ4v) is 3.54. The Morgan fingerprint density at radius 1 is 1.25 bits per heavy atom. The predicted molar refractivity (Wildman–Crippen MR) is 93.4 cm³/mol. The van der Waals surface area contributed by atoms with Gasteiger partial charge in [0.2, 0.25) is 5.95 Å². The van der Waals surface area contributed by atoms with E-state index in [4.69, 9.17) is 10.1 Å². The van der Waals surface area contributed by atoms with Gasteiger partial charge >= 0.3 is 5.97 Å². The minimum absolute atomic E-state index is 0.0661. The lowest BCUT2D eigenvalue weighted by atomic mass is 9.98. The van der Waals surface area contributed by atoms with Crippen LogP contribution in [-0.4, -0.2) is 27.8 Å². The van der Waals surface area contributed by atoms with E-state index in [1.807, 2.05) is 17.5 Å². The predicted octanol–water partition coefficient (Wildman–Crippen LogP) is 3.59. The molecule has 1 aliphatic carbocycles. The van der Waals surface area contributed by atoms with E-state index in [1.165, 1.54) is 17.8 Å². The molecule has 2 aromatic heterocycles. The zero-order valence-corrected chi connectivity index (χ0v) is 14.1. The van der Waals surface area contributed by atoms with Crippen molar-refractivity contribution in [2.75, 3.05) is 5.32 Å². The average Bonchev–Trinajstić information content (AvgIpc) is 3.15. The van der Waals surface area contributed by atoms with E-state index in [0.29, 0.717) is 5.95 Å². The van der Waals surface area contributed by atoms with Gasteiger partial charge in [0, 0.05) is 17.3 Å². The minimum atomic E-state index is -0.608. The third-order valence-electron chi connectivity index (χ3n) is 4.00. The second kappa shape index (κ2) is 8.01. The molecule has 1 aliphatic rings. The van der Waals surface area contributed by atoms with Crippen molar-refractivity contribution in [1.29, 1.82) is 5.41 Å². The first-order valence-corrected chi connectivity index (χ1v) is 8.98. The molecular weight excluding hydrogens is 324 g/mol. The van der Waals surface area contributed by atoms with Gasteiger partial charge in [-0.3, -0.25) is 5.41 Å². The number of hydrogen-bond donors (Lipinski definition) is 2. The number of esters is 1. The van der Waals surface area contributed by atoms with E-state index in [0.717, 1.165) is 30.6 Å². The van der Waals surface area contributed by atoms with Gasteiger partial charge in [0.05, 0.1) is 0 Å². The number of rotatable bonds is 6. The van der Waals surface area contributed by atoms with Crippen molar-refractivity contribution in [3.05, 3.63) is 40.8 Å². The Kier molecular flexibility index (Phi) is 5.53. The van der Waals surface area contributed by atoms with Crippen LogP contribution in [-0.2, 0) is 9.53 Å². The first kappa shape index (κ1) is 16.6. The van der Waals surface area contributed by atoms with Crippen molar-refractivity contribution in [2.24, 2.45) is 0 Å². The molecule has 24 heavy (non-hydrogen) atoms. The summed E-state index contributed by atoms with van der Waals surface area (Å²) in [6, 6.07) is 4.88. The van der Waals surface area contributed by atoms with E-state index < -0.39 is 12.0 Å². The molecule has 0 bridgehead atoms. The van der Waals surface area contributed by atoms with Crippen LogP contribution >= 0.6 is 11.3 Å². The van der Waals surface area contributed by atoms with Gasteiger partial charge in [0.15, 0.2) is 0 Å². The van der Waals surface area contributed by atoms with E-state index in [-0.39, 0.29) is 11.8 Å². The van der Waals surface area contributed by atoms with Crippen LogP contribution in [0.15, 0.2) is 36.0 Å². The fraction of sp³-hybridized carbons (Fsp3) is 0.412. The molecule has 1 saturated carbocycles. The lowest BCUT2D eigenvalue weighted by molar-refractivity contribution is -0.142. The molecule has 2 N–H and O–H groups in total. The van der Waals surface area contributed by atoms with Crippen molar-refractivity contribution >= 4 is 29.0 Å². The number of nitrogens with one attached hydrogen (secondary N) is 2. The van der Waals surface area contributed by atoms with Gasteiger partial charge in [-0.05, 0) is 43.2 Å². The van der Waals surface area contributed by atoms with Crippen LogP contribution < -0.4 is 5.32 Å².